The van der Waals surface area contributed by atoms with E-state index in [0.717, 1.165) is 24.5 Å². The van der Waals surface area contributed by atoms with Crippen molar-refractivity contribution in [3.8, 4) is 0 Å². The maximum absolute atomic E-state index is 12.5. The lowest BCUT2D eigenvalue weighted by atomic mass is 10.4. The van der Waals surface area contributed by atoms with Gasteiger partial charge in [0.25, 0.3) is 0 Å². The zero-order chi connectivity index (χ0) is 39.1. The van der Waals surface area contributed by atoms with Crippen molar-refractivity contribution >= 4 is 59.1 Å². The van der Waals surface area contributed by atoms with Gasteiger partial charge in [-0.1, -0.05) is 13.8 Å². The molecule has 284 valence electrons. The second-order valence-corrected chi connectivity index (χ2v) is 10.8. The van der Waals surface area contributed by atoms with Crippen molar-refractivity contribution in [1.29, 1.82) is 0 Å². The standard InChI is InChI=1S/C27H47N11O10.C2H6/c1-29-9-22(43)36(5)15-25(46)34(3)13-20(41)31-11-24(45)38(7)17-27(48)35(4)14-21(42)32-10-23(44)37(6)16-26(47)33(2)12-19(40)30-8-18(28)39;1-2/h29H,8-17H2,1-7H3,(H2,28,39)(H,30,40)(H,31,41)(H,32,42);1-2H3. The quantitative estimate of drug-likeness (QED) is 0.0792. The molecule has 0 heterocycles. The molecule has 0 saturated heterocycles. The number of carbonyl (C=O) groups is 10. The maximum atomic E-state index is 12.5. The molecule has 0 saturated carbocycles. The Morgan fingerprint density at radius 1 is 0.400 bits per heavy atom. The first-order valence-electron chi connectivity index (χ1n) is 15.5. The number of likely N-dealkylation sites (N-methyl/N-ethyl adjacent to an activating group) is 7. The van der Waals surface area contributed by atoms with Gasteiger partial charge >= 0.3 is 0 Å². The summed E-state index contributed by atoms with van der Waals surface area (Å²) in [5.74, 6) is -5.97. The van der Waals surface area contributed by atoms with Gasteiger partial charge in [-0.2, -0.15) is 0 Å². The van der Waals surface area contributed by atoms with Crippen LogP contribution in [-0.2, 0) is 47.9 Å². The van der Waals surface area contributed by atoms with Gasteiger partial charge in [0.15, 0.2) is 0 Å². The SMILES string of the molecule is CC.CNCC(=O)N(C)CC(=O)N(C)CC(=O)NCC(=O)N(C)CC(=O)N(C)CC(=O)NCC(=O)N(C)CC(=O)N(C)CC(=O)NCC(N)=O. The molecule has 0 atom stereocenters. The molecule has 0 spiro atoms. The van der Waals surface area contributed by atoms with Gasteiger partial charge in [0.2, 0.25) is 59.1 Å². The fraction of sp³-hybridized carbons (Fsp3) is 0.655. The molecule has 50 heavy (non-hydrogen) atoms. The number of nitrogens with one attached hydrogen (secondary N) is 4. The minimum atomic E-state index is -0.751. The van der Waals surface area contributed by atoms with Gasteiger partial charge in [-0.15, -0.1) is 0 Å². The van der Waals surface area contributed by atoms with Gasteiger partial charge in [-0.3, -0.25) is 47.9 Å². The molecule has 0 unspecified atom stereocenters. The van der Waals surface area contributed by atoms with Crippen LogP contribution in [0.4, 0.5) is 0 Å². The van der Waals surface area contributed by atoms with Crippen LogP contribution in [0, 0.1) is 0 Å². The molecule has 0 aromatic carbocycles. The molecule has 21 nitrogen and oxygen atoms in total. The van der Waals surface area contributed by atoms with E-state index in [0.29, 0.717) is 0 Å². The topological polar surface area (TPSA) is 264 Å². The van der Waals surface area contributed by atoms with Crippen molar-refractivity contribution in [3.05, 3.63) is 0 Å². The fourth-order valence-electron chi connectivity index (χ4n) is 3.40. The summed E-state index contributed by atoms with van der Waals surface area (Å²) in [6.45, 7) is 0.437. The average molecular weight is 716 g/mol. The number of hydrogen-bond acceptors (Lipinski definition) is 11. The van der Waals surface area contributed by atoms with Crippen LogP contribution in [0.2, 0.25) is 0 Å². The molecule has 0 radical (unpaired) electrons. The molecule has 0 rings (SSSR count). The first-order valence-corrected chi connectivity index (χ1v) is 15.5. The van der Waals surface area contributed by atoms with E-state index in [4.69, 9.17) is 5.73 Å². The number of nitrogens with two attached hydrogens (primary N) is 1. The van der Waals surface area contributed by atoms with Crippen molar-refractivity contribution in [3.63, 3.8) is 0 Å². The first kappa shape index (κ1) is 46.8. The third-order valence-corrected chi connectivity index (χ3v) is 6.48. The van der Waals surface area contributed by atoms with Crippen LogP contribution in [0.1, 0.15) is 13.8 Å². The molecule has 0 fully saturated rings. The summed E-state index contributed by atoms with van der Waals surface area (Å²) >= 11 is 0. The molecule has 0 aromatic heterocycles. The van der Waals surface area contributed by atoms with Crippen LogP contribution >= 0.6 is 0 Å². The lowest BCUT2D eigenvalue weighted by Gasteiger charge is -2.23. The summed E-state index contributed by atoms with van der Waals surface area (Å²) < 4.78 is 0. The number of carbonyl (C=O) groups excluding carboxylic acids is 10. The van der Waals surface area contributed by atoms with Crippen molar-refractivity contribution in [2.75, 3.05) is 115 Å². The Morgan fingerprint density at radius 2 is 0.640 bits per heavy atom. The average Bonchev–Trinajstić information content (AvgIpc) is 3.05. The predicted molar refractivity (Wildman–Crippen MR) is 179 cm³/mol. The number of rotatable bonds is 20. The molecule has 10 amide bonds. The summed E-state index contributed by atoms with van der Waals surface area (Å²) in [4.78, 5) is 127. The first-order chi connectivity index (χ1) is 23.3. The van der Waals surface area contributed by atoms with E-state index in [1.54, 1.807) is 7.05 Å². The van der Waals surface area contributed by atoms with E-state index in [2.05, 4.69) is 21.3 Å². The van der Waals surface area contributed by atoms with E-state index < -0.39 is 85.9 Å². The second-order valence-electron chi connectivity index (χ2n) is 10.8. The Hall–Kier alpha value is -5.34. The predicted octanol–water partition coefficient (Wildman–Crippen LogP) is -6.18. The summed E-state index contributed by atoms with van der Waals surface area (Å²) in [6.07, 6.45) is 0. The Bertz CT molecular complexity index is 1230. The zero-order valence-corrected chi connectivity index (χ0v) is 30.4. The molecule has 6 N–H and O–H groups in total. The van der Waals surface area contributed by atoms with Crippen molar-refractivity contribution < 1.29 is 47.9 Å². The molecule has 0 aromatic rings. The molecular weight excluding hydrogens is 662 g/mol. The normalized spacial score (nSPS) is 9.86. The summed E-state index contributed by atoms with van der Waals surface area (Å²) in [6, 6.07) is 0. The molecule has 21 heteroatoms. The van der Waals surface area contributed by atoms with E-state index in [1.165, 1.54) is 47.2 Å². The van der Waals surface area contributed by atoms with Crippen LogP contribution in [0.3, 0.4) is 0 Å². The van der Waals surface area contributed by atoms with E-state index in [1.807, 2.05) is 13.8 Å². The second kappa shape index (κ2) is 24.7. The lowest BCUT2D eigenvalue weighted by molar-refractivity contribution is -0.141. The van der Waals surface area contributed by atoms with E-state index in [-0.39, 0.29) is 38.6 Å². The van der Waals surface area contributed by atoms with Crippen LogP contribution < -0.4 is 27.0 Å². The fourth-order valence-corrected chi connectivity index (χ4v) is 3.40. The largest absolute Gasteiger partial charge is 0.368 e. The van der Waals surface area contributed by atoms with Crippen LogP contribution in [0.15, 0.2) is 0 Å². The van der Waals surface area contributed by atoms with Gasteiger partial charge in [-0.05, 0) is 7.05 Å². The summed E-state index contributed by atoms with van der Waals surface area (Å²) in [7, 11) is 9.66. The van der Waals surface area contributed by atoms with Crippen LogP contribution in [-0.4, -0.2) is 203 Å². The molecule has 0 bridgehead atoms. The molecule has 0 aliphatic carbocycles. The minimum Gasteiger partial charge on any atom is -0.368 e. The van der Waals surface area contributed by atoms with Gasteiger partial charge < -0.3 is 56.4 Å². The molecular formula is C29H53N11O10. The highest BCUT2D eigenvalue weighted by molar-refractivity contribution is 5.93. The highest BCUT2D eigenvalue weighted by Crippen LogP contribution is 1.94. The zero-order valence-electron chi connectivity index (χ0n) is 30.4. The maximum Gasteiger partial charge on any atom is 0.242 e. The third-order valence-electron chi connectivity index (χ3n) is 6.48. The smallest absolute Gasteiger partial charge is 0.242 e. The number of primary amides is 1. The Morgan fingerprint density at radius 3 is 0.900 bits per heavy atom. The Labute approximate surface area is 292 Å². The molecule has 0 aliphatic rings. The van der Waals surface area contributed by atoms with E-state index in [9.17, 15) is 47.9 Å². The number of hydrogen-bond donors (Lipinski definition) is 5. The third kappa shape index (κ3) is 20.1. The van der Waals surface area contributed by atoms with Gasteiger partial charge in [0, 0.05) is 42.3 Å². The van der Waals surface area contributed by atoms with E-state index >= 15 is 0 Å². The highest BCUT2D eigenvalue weighted by Gasteiger charge is 2.22. The van der Waals surface area contributed by atoms with Crippen molar-refractivity contribution in [2.24, 2.45) is 5.73 Å². The lowest BCUT2D eigenvalue weighted by Crippen LogP contribution is -2.49. The minimum absolute atomic E-state index is 0.0475. The monoisotopic (exact) mass is 715 g/mol. The number of nitrogens with zero attached hydrogens (tertiary/aromatic N) is 6. The van der Waals surface area contributed by atoms with Gasteiger partial charge in [-0.25, -0.2) is 0 Å². The molecule has 0 aliphatic heterocycles. The number of amides is 10. The summed E-state index contributed by atoms with van der Waals surface area (Å²) in [5, 5.41) is 9.59. The van der Waals surface area contributed by atoms with Crippen molar-refractivity contribution in [2.45, 2.75) is 13.8 Å². The highest BCUT2D eigenvalue weighted by atomic mass is 16.2. The van der Waals surface area contributed by atoms with Crippen LogP contribution in [0.5, 0.6) is 0 Å². The van der Waals surface area contributed by atoms with Gasteiger partial charge in [0.05, 0.1) is 65.4 Å². The van der Waals surface area contributed by atoms with Crippen LogP contribution in [0.25, 0.3) is 0 Å². The van der Waals surface area contributed by atoms with Gasteiger partial charge in [0.1, 0.15) is 0 Å². The Balaban J connectivity index is 0. The Kier molecular flexibility index (Phi) is 23.2. The van der Waals surface area contributed by atoms with Crippen molar-refractivity contribution in [1.82, 2.24) is 50.7 Å². The summed E-state index contributed by atoms with van der Waals surface area (Å²) in [5.41, 5.74) is 4.94.